The third-order valence-electron chi connectivity index (χ3n) is 2.61. The van der Waals surface area contributed by atoms with Crippen molar-refractivity contribution in [1.29, 1.82) is 0 Å². The minimum absolute atomic E-state index is 0.197. The van der Waals surface area contributed by atoms with E-state index in [9.17, 15) is 9.90 Å². The van der Waals surface area contributed by atoms with Crippen LogP contribution in [0.25, 0.3) is 0 Å². The van der Waals surface area contributed by atoms with Crippen molar-refractivity contribution in [2.24, 2.45) is 5.92 Å². The Labute approximate surface area is 90.1 Å². The lowest BCUT2D eigenvalue weighted by atomic mass is 10.0. The van der Waals surface area contributed by atoms with Gasteiger partial charge in [0.2, 0.25) is 0 Å². The molecule has 0 spiro atoms. The molecule has 15 heavy (non-hydrogen) atoms. The molecule has 84 valence electrons. The predicted octanol–water partition coefficient (Wildman–Crippen LogP) is 2.12. The minimum atomic E-state index is -0.756. The number of carboxylic acid groups (broad SMARTS) is 1. The van der Waals surface area contributed by atoms with Gasteiger partial charge in [-0.05, 0) is 25.7 Å². The Morgan fingerprint density at radius 3 is 2.73 bits per heavy atom. The number of hydrogen-bond donors (Lipinski definition) is 2. The van der Waals surface area contributed by atoms with E-state index in [4.69, 9.17) is 5.11 Å². The second kappa shape index (κ2) is 6.40. The number of aliphatic carboxylic acids is 1. The minimum Gasteiger partial charge on any atom is -0.481 e. The summed E-state index contributed by atoms with van der Waals surface area (Å²) in [5, 5.41) is 17.9. The standard InChI is InChI=1S/C12H18O3/c13-11-8-5-7-10(11)6-3-1-2-4-9-12(14)15/h1-2,5,7,10-11,13H,3-4,6,8-9H2,(H,14,15)/b2-1-/t10-,11?/m1/s1. The predicted molar refractivity (Wildman–Crippen MR) is 58.5 cm³/mol. The number of rotatable bonds is 6. The Morgan fingerprint density at radius 2 is 2.13 bits per heavy atom. The van der Waals surface area contributed by atoms with E-state index >= 15 is 0 Å². The first-order valence-electron chi connectivity index (χ1n) is 5.41. The van der Waals surface area contributed by atoms with Gasteiger partial charge in [0.15, 0.2) is 0 Å². The first kappa shape index (κ1) is 12.0. The SMILES string of the molecule is O=C(O)CC/C=C\CC[C@@H]1C=CCC1O. The Kier molecular flexibility index (Phi) is 5.12. The highest BCUT2D eigenvalue weighted by molar-refractivity contribution is 5.66. The highest BCUT2D eigenvalue weighted by Crippen LogP contribution is 2.22. The van der Waals surface area contributed by atoms with E-state index in [2.05, 4.69) is 6.08 Å². The van der Waals surface area contributed by atoms with Crippen LogP contribution < -0.4 is 0 Å². The lowest BCUT2D eigenvalue weighted by Gasteiger charge is -2.11. The lowest BCUT2D eigenvalue weighted by Crippen LogP contribution is -2.12. The third-order valence-corrected chi connectivity index (χ3v) is 2.61. The van der Waals surface area contributed by atoms with Crippen LogP contribution >= 0.6 is 0 Å². The smallest absolute Gasteiger partial charge is 0.303 e. The fourth-order valence-electron chi connectivity index (χ4n) is 1.72. The number of hydrogen-bond acceptors (Lipinski definition) is 2. The maximum absolute atomic E-state index is 10.2. The molecule has 1 aliphatic carbocycles. The summed E-state index contributed by atoms with van der Waals surface area (Å²) in [6, 6.07) is 0. The van der Waals surface area contributed by atoms with Crippen LogP contribution in [0.4, 0.5) is 0 Å². The zero-order valence-electron chi connectivity index (χ0n) is 8.80. The van der Waals surface area contributed by atoms with Crippen LogP contribution in [-0.4, -0.2) is 22.3 Å². The first-order valence-corrected chi connectivity index (χ1v) is 5.41. The van der Waals surface area contributed by atoms with E-state index < -0.39 is 5.97 Å². The molecule has 0 bridgehead atoms. The summed E-state index contributed by atoms with van der Waals surface area (Å²) in [4.78, 5) is 10.2. The van der Waals surface area contributed by atoms with E-state index in [0.717, 1.165) is 19.3 Å². The molecular weight excluding hydrogens is 192 g/mol. The van der Waals surface area contributed by atoms with Crippen molar-refractivity contribution < 1.29 is 15.0 Å². The summed E-state index contributed by atoms with van der Waals surface area (Å²) in [5.41, 5.74) is 0. The second-order valence-electron chi connectivity index (χ2n) is 3.88. The summed E-state index contributed by atoms with van der Waals surface area (Å²) in [5.74, 6) is -0.470. The largest absolute Gasteiger partial charge is 0.481 e. The Hall–Kier alpha value is -1.09. The van der Waals surface area contributed by atoms with Gasteiger partial charge in [-0.3, -0.25) is 4.79 Å². The van der Waals surface area contributed by atoms with Gasteiger partial charge in [-0.1, -0.05) is 24.3 Å². The summed E-state index contributed by atoms with van der Waals surface area (Å²) >= 11 is 0. The van der Waals surface area contributed by atoms with Gasteiger partial charge in [0, 0.05) is 12.3 Å². The molecule has 2 atom stereocenters. The van der Waals surface area contributed by atoms with Crippen LogP contribution in [0, 0.1) is 5.92 Å². The van der Waals surface area contributed by atoms with Crippen LogP contribution in [0.3, 0.4) is 0 Å². The van der Waals surface area contributed by atoms with Gasteiger partial charge in [-0.15, -0.1) is 0 Å². The quantitative estimate of drug-likeness (QED) is 0.660. The van der Waals surface area contributed by atoms with Crippen molar-refractivity contribution in [2.45, 2.75) is 38.2 Å². The molecule has 0 saturated carbocycles. The maximum Gasteiger partial charge on any atom is 0.303 e. The molecule has 1 unspecified atom stereocenters. The number of aliphatic hydroxyl groups is 1. The van der Waals surface area contributed by atoms with Crippen molar-refractivity contribution in [3.63, 3.8) is 0 Å². The van der Waals surface area contributed by atoms with Crippen molar-refractivity contribution in [1.82, 2.24) is 0 Å². The zero-order chi connectivity index (χ0) is 11.1. The van der Waals surface area contributed by atoms with Gasteiger partial charge in [0.05, 0.1) is 6.10 Å². The van der Waals surface area contributed by atoms with Crippen LogP contribution in [0.1, 0.15) is 32.1 Å². The van der Waals surface area contributed by atoms with Crippen molar-refractivity contribution in [2.75, 3.05) is 0 Å². The second-order valence-corrected chi connectivity index (χ2v) is 3.88. The molecular formula is C12H18O3. The van der Waals surface area contributed by atoms with Gasteiger partial charge < -0.3 is 10.2 Å². The molecule has 3 nitrogen and oxygen atoms in total. The highest BCUT2D eigenvalue weighted by atomic mass is 16.4. The highest BCUT2D eigenvalue weighted by Gasteiger charge is 2.18. The Bertz CT molecular complexity index is 256. The van der Waals surface area contributed by atoms with Crippen molar-refractivity contribution >= 4 is 5.97 Å². The molecule has 0 aromatic carbocycles. The zero-order valence-corrected chi connectivity index (χ0v) is 8.80. The van der Waals surface area contributed by atoms with Gasteiger partial charge in [0.1, 0.15) is 0 Å². The van der Waals surface area contributed by atoms with E-state index in [1.165, 1.54) is 0 Å². The van der Waals surface area contributed by atoms with E-state index in [1.807, 2.05) is 18.2 Å². The van der Waals surface area contributed by atoms with E-state index in [1.54, 1.807) is 0 Å². The molecule has 1 rings (SSSR count). The topological polar surface area (TPSA) is 57.5 Å². The summed E-state index contributed by atoms with van der Waals surface area (Å²) < 4.78 is 0. The van der Waals surface area contributed by atoms with E-state index in [-0.39, 0.29) is 18.4 Å². The molecule has 2 N–H and O–H groups in total. The normalized spacial score (nSPS) is 25.1. The van der Waals surface area contributed by atoms with Crippen LogP contribution in [0.15, 0.2) is 24.3 Å². The average molecular weight is 210 g/mol. The molecule has 0 aliphatic heterocycles. The van der Waals surface area contributed by atoms with Crippen LogP contribution in [0.5, 0.6) is 0 Å². The third kappa shape index (κ3) is 4.79. The first-order chi connectivity index (χ1) is 7.20. The lowest BCUT2D eigenvalue weighted by molar-refractivity contribution is -0.136. The molecule has 3 heteroatoms. The number of carboxylic acids is 1. The molecule has 0 fully saturated rings. The average Bonchev–Trinajstić information content (AvgIpc) is 2.57. The number of allylic oxidation sites excluding steroid dienone is 2. The number of aliphatic hydroxyl groups excluding tert-OH is 1. The fourth-order valence-corrected chi connectivity index (χ4v) is 1.72. The molecule has 0 aromatic rings. The summed E-state index contributed by atoms with van der Waals surface area (Å²) in [7, 11) is 0. The molecule has 0 radical (unpaired) electrons. The van der Waals surface area contributed by atoms with E-state index in [0.29, 0.717) is 6.42 Å². The molecule has 0 saturated heterocycles. The monoisotopic (exact) mass is 210 g/mol. The Morgan fingerprint density at radius 1 is 1.40 bits per heavy atom. The summed E-state index contributed by atoms with van der Waals surface area (Å²) in [6.45, 7) is 0. The van der Waals surface area contributed by atoms with Crippen molar-refractivity contribution in [3.05, 3.63) is 24.3 Å². The Balaban J connectivity index is 2.05. The van der Waals surface area contributed by atoms with Gasteiger partial charge >= 0.3 is 5.97 Å². The van der Waals surface area contributed by atoms with Crippen molar-refractivity contribution in [3.8, 4) is 0 Å². The molecule has 1 aliphatic rings. The van der Waals surface area contributed by atoms with Crippen LogP contribution in [0.2, 0.25) is 0 Å². The maximum atomic E-state index is 10.2. The summed E-state index contributed by atoms with van der Waals surface area (Å²) in [6.07, 6.45) is 11.2. The molecule has 0 amide bonds. The van der Waals surface area contributed by atoms with Crippen LogP contribution in [-0.2, 0) is 4.79 Å². The molecule has 0 aromatic heterocycles. The van der Waals surface area contributed by atoms with Gasteiger partial charge in [-0.2, -0.15) is 0 Å². The van der Waals surface area contributed by atoms with Gasteiger partial charge in [0.25, 0.3) is 0 Å². The fraction of sp³-hybridized carbons (Fsp3) is 0.583. The molecule has 0 heterocycles. The van der Waals surface area contributed by atoms with Gasteiger partial charge in [-0.25, -0.2) is 0 Å². The number of carbonyl (C=O) groups is 1.